The summed E-state index contributed by atoms with van der Waals surface area (Å²) in [7, 11) is 0. The quantitative estimate of drug-likeness (QED) is 0.497. The second-order valence-electron chi connectivity index (χ2n) is 2.98. The zero-order chi connectivity index (χ0) is 11.9. The molecule has 94 valence electrons. The Bertz CT molecular complexity index is 89.8. The molecule has 0 saturated carbocycles. The third-order valence-electron chi connectivity index (χ3n) is 1.22. The van der Waals surface area contributed by atoms with Gasteiger partial charge in [-0.05, 0) is 13.3 Å². The van der Waals surface area contributed by atoms with E-state index in [2.05, 4.69) is 6.92 Å². The van der Waals surface area contributed by atoms with Gasteiger partial charge in [-0.15, -0.1) is 0 Å². The van der Waals surface area contributed by atoms with Gasteiger partial charge in [-0.25, -0.2) is 0 Å². The molecule has 0 aliphatic heterocycles. The highest BCUT2D eigenvalue weighted by Gasteiger charge is 1.86. The Morgan fingerprint density at radius 2 is 1.47 bits per heavy atom. The van der Waals surface area contributed by atoms with Crippen LogP contribution in [-0.2, 0) is 9.47 Å². The lowest BCUT2D eigenvalue weighted by molar-refractivity contribution is 0.0333. The molecule has 5 nitrogen and oxygen atoms in total. The number of hydrogen-bond acceptors (Lipinski definition) is 5. The summed E-state index contributed by atoms with van der Waals surface area (Å²) in [4.78, 5) is 0. The first-order chi connectivity index (χ1) is 7.18. The van der Waals surface area contributed by atoms with Crippen molar-refractivity contribution in [2.24, 2.45) is 0 Å². The number of aliphatic hydroxyl groups is 3. The van der Waals surface area contributed by atoms with E-state index in [0.29, 0.717) is 19.8 Å². The highest BCUT2D eigenvalue weighted by Crippen LogP contribution is 1.80. The first-order valence-corrected chi connectivity index (χ1v) is 5.24. The summed E-state index contributed by atoms with van der Waals surface area (Å²) in [5.41, 5.74) is 0. The minimum atomic E-state index is -0.560. The molecule has 15 heavy (non-hydrogen) atoms. The van der Waals surface area contributed by atoms with Gasteiger partial charge in [0.15, 0.2) is 0 Å². The van der Waals surface area contributed by atoms with E-state index in [1.807, 2.05) is 0 Å². The Morgan fingerprint density at radius 1 is 1.00 bits per heavy atom. The predicted octanol–water partition coefficient (Wildman–Crippen LogP) is -0.219. The summed E-state index contributed by atoms with van der Waals surface area (Å²) in [6, 6.07) is 0. The molecule has 1 unspecified atom stereocenters. The predicted molar refractivity (Wildman–Crippen MR) is 57.8 cm³/mol. The smallest absolute Gasteiger partial charge is 0.0742 e. The minimum Gasteiger partial charge on any atom is -0.394 e. The van der Waals surface area contributed by atoms with E-state index in [0.717, 1.165) is 13.0 Å². The summed E-state index contributed by atoms with van der Waals surface area (Å²) in [6.45, 7) is 5.97. The highest BCUT2D eigenvalue weighted by molar-refractivity contribution is 4.34. The van der Waals surface area contributed by atoms with Gasteiger partial charge in [-0.3, -0.25) is 0 Å². The number of ether oxygens (including phenoxy) is 2. The SMILES string of the molecule is CC(O)CO.CCCOCCOCCO. The third-order valence-corrected chi connectivity index (χ3v) is 1.22. The monoisotopic (exact) mass is 224 g/mol. The zero-order valence-electron chi connectivity index (χ0n) is 9.69. The molecule has 0 bridgehead atoms. The van der Waals surface area contributed by atoms with Crippen LogP contribution in [-0.4, -0.2) is 61.1 Å². The maximum atomic E-state index is 8.30. The van der Waals surface area contributed by atoms with Crippen molar-refractivity contribution in [2.75, 3.05) is 39.6 Å². The summed E-state index contributed by atoms with van der Waals surface area (Å²) in [5, 5.41) is 24.3. The lowest BCUT2D eigenvalue weighted by Crippen LogP contribution is -2.07. The van der Waals surface area contributed by atoms with Gasteiger partial charge in [-0.1, -0.05) is 6.92 Å². The molecule has 0 spiro atoms. The number of aliphatic hydroxyl groups excluding tert-OH is 3. The summed E-state index contributed by atoms with van der Waals surface area (Å²) in [6.07, 6.45) is 0.481. The van der Waals surface area contributed by atoms with Crippen LogP contribution in [0, 0.1) is 0 Å². The van der Waals surface area contributed by atoms with Crippen LogP contribution >= 0.6 is 0 Å². The topological polar surface area (TPSA) is 79.2 Å². The summed E-state index contributed by atoms with van der Waals surface area (Å²) >= 11 is 0. The molecule has 0 amide bonds. The fourth-order valence-electron chi connectivity index (χ4n) is 0.531. The van der Waals surface area contributed by atoms with E-state index < -0.39 is 6.10 Å². The van der Waals surface area contributed by atoms with Crippen molar-refractivity contribution in [3.63, 3.8) is 0 Å². The van der Waals surface area contributed by atoms with Gasteiger partial charge in [0.05, 0.1) is 39.1 Å². The molecule has 0 aromatic heterocycles. The Hall–Kier alpha value is -0.200. The molecule has 0 aliphatic carbocycles. The Balaban J connectivity index is 0. The van der Waals surface area contributed by atoms with Crippen molar-refractivity contribution in [3.8, 4) is 0 Å². The average molecular weight is 224 g/mol. The van der Waals surface area contributed by atoms with Crippen LogP contribution in [0.25, 0.3) is 0 Å². The number of rotatable bonds is 8. The van der Waals surface area contributed by atoms with Gasteiger partial charge >= 0.3 is 0 Å². The molecule has 0 fully saturated rings. The standard InChI is InChI=1S/C7H16O3.C3H8O2/c1-2-4-9-6-7-10-5-3-8;1-3(5)2-4/h8H,2-7H2,1H3;3-5H,2H2,1H3. The van der Waals surface area contributed by atoms with E-state index in [1.54, 1.807) is 0 Å². The van der Waals surface area contributed by atoms with Crippen LogP contribution in [0.5, 0.6) is 0 Å². The molecule has 0 aliphatic rings. The van der Waals surface area contributed by atoms with Gasteiger partial charge in [-0.2, -0.15) is 0 Å². The molecule has 0 aromatic rings. The lowest BCUT2D eigenvalue weighted by Gasteiger charge is -2.02. The van der Waals surface area contributed by atoms with Crippen molar-refractivity contribution >= 4 is 0 Å². The van der Waals surface area contributed by atoms with Crippen LogP contribution in [0.1, 0.15) is 20.3 Å². The molecule has 5 heteroatoms. The van der Waals surface area contributed by atoms with Crippen LogP contribution < -0.4 is 0 Å². The molecular weight excluding hydrogens is 200 g/mol. The highest BCUT2D eigenvalue weighted by atomic mass is 16.5. The maximum Gasteiger partial charge on any atom is 0.0742 e. The molecule has 0 radical (unpaired) electrons. The van der Waals surface area contributed by atoms with Crippen molar-refractivity contribution < 1.29 is 24.8 Å². The summed E-state index contributed by atoms with van der Waals surface area (Å²) in [5.74, 6) is 0. The molecule has 1 atom stereocenters. The van der Waals surface area contributed by atoms with E-state index in [1.165, 1.54) is 6.92 Å². The van der Waals surface area contributed by atoms with Crippen molar-refractivity contribution in [2.45, 2.75) is 26.4 Å². The fourth-order valence-corrected chi connectivity index (χ4v) is 0.531. The Kier molecular flexibility index (Phi) is 18.6. The van der Waals surface area contributed by atoms with Gasteiger partial charge in [0.1, 0.15) is 0 Å². The Labute approximate surface area is 91.6 Å². The van der Waals surface area contributed by atoms with Crippen molar-refractivity contribution in [1.82, 2.24) is 0 Å². The van der Waals surface area contributed by atoms with Crippen LogP contribution in [0.15, 0.2) is 0 Å². The van der Waals surface area contributed by atoms with Crippen LogP contribution in [0.2, 0.25) is 0 Å². The third kappa shape index (κ3) is 24.8. The molecule has 3 N–H and O–H groups in total. The van der Waals surface area contributed by atoms with Gasteiger partial charge in [0, 0.05) is 6.61 Å². The van der Waals surface area contributed by atoms with Gasteiger partial charge in [0.2, 0.25) is 0 Å². The van der Waals surface area contributed by atoms with Crippen molar-refractivity contribution in [3.05, 3.63) is 0 Å². The summed E-state index contributed by atoms with van der Waals surface area (Å²) < 4.78 is 10.1. The second kappa shape index (κ2) is 16.2. The van der Waals surface area contributed by atoms with E-state index in [-0.39, 0.29) is 13.2 Å². The normalized spacial score (nSPS) is 11.8. The largest absolute Gasteiger partial charge is 0.394 e. The maximum absolute atomic E-state index is 8.30. The molecule has 0 aromatic carbocycles. The first-order valence-electron chi connectivity index (χ1n) is 5.24. The van der Waals surface area contributed by atoms with Gasteiger partial charge < -0.3 is 24.8 Å². The molecular formula is C10H24O5. The molecule has 0 rings (SSSR count). The molecule has 0 saturated heterocycles. The number of hydrogen-bond donors (Lipinski definition) is 3. The zero-order valence-corrected chi connectivity index (χ0v) is 9.69. The molecule has 0 heterocycles. The van der Waals surface area contributed by atoms with E-state index >= 15 is 0 Å². The van der Waals surface area contributed by atoms with Crippen molar-refractivity contribution in [1.29, 1.82) is 0 Å². The lowest BCUT2D eigenvalue weighted by atomic mass is 10.5. The first kappa shape index (κ1) is 17.2. The minimum absolute atomic E-state index is 0.0910. The second-order valence-corrected chi connectivity index (χ2v) is 2.98. The van der Waals surface area contributed by atoms with Crippen LogP contribution in [0.4, 0.5) is 0 Å². The Morgan fingerprint density at radius 3 is 1.80 bits per heavy atom. The van der Waals surface area contributed by atoms with E-state index in [9.17, 15) is 0 Å². The fraction of sp³-hybridized carbons (Fsp3) is 1.00. The average Bonchev–Trinajstić information content (AvgIpc) is 2.24. The van der Waals surface area contributed by atoms with Gasteiger partial charge in [0.25, 0.3) is 0 Å². The van der Waals surface area contributed by atoms with Crippen LogP contribution in [0.3, 0.4) is 0 Å². The van der Waals surface area contributed by atoms with E-state index in [4.69, 9.17) is 24.8 Å².